The fraction of sp³-hybridized carbons (Fsp3) is 0.222. The van der Waals surface area contributed by atoms with Crippen molar-refractivity contribution >= 4 is 11.7 Å². The highest BCUT2D eigenvalue weighted by atomic mass is 16.5. The lowest BCUT2D eigenvalue weighted by Crippen LogP contribution is -2.30. The first-order valence-electron chi connectivity index (χ1n) is 7.49. The van der Waals surface area contributed by atoms with Crippen molar-refractivity contribution < 1.29 is 9.53 Å². The number of amides is 1. The Morgan fingerprint density at radius 2 is 1.83 bits per heavy atom. The van der Waals surface area contributed by atoms with Crippen molar-refractivity contribution in [2.75, 3.05) is 6.61 Å². The zero-order valence-corrected chi connectivity index (χ0v) is 13.1. The van der Waals surface area contributed by atoms with Gasteiger partial charge >= 0.3 is 0 Å². The molecule has 2 rings (SSSR count). The van der Waals surface area contributed by atoms with Crippen LogP contribution in [0.1, 0.15) is 29.7 Å². The van der Waals surface area contributed by atoms with Crippen molar-refractivity contribution in [3.8, 4) is 0 Å². The number of rotatable bonds is 7. The largest absolute Gasteiger partial charge is 0.384 e. The van der Waals surface area contributed by atoms with E-state index in [1.165, 1.54) is 0 Å². The fourth-order valence-corrected chi connectivity index (χ4v) is 2.20. The summed E-state index contributed by atoms with van der Waals surface area (Å²) in [6, 6.07) is 16.6. The van der Waals surface area contributed by atoms with Crippen molar-refractivity contribution in [1.82, 2.24) is 5.32 Å². The standard InChI is InChI=1S/C18H21N3O2/c1-2-23-16(14-6-4-3-5-7-14)18(22)21-12-13-8-10-15(11-9-13)17(19)20/h3-11,16H,2,12H2,1H3,(H3,19,20)(H,21,22). The Labute approximate surface area is 136 Å². The van der Waals surface area contributed by atoms with E-state index in [9.17, 15) is 4.79 Å². The number of nitrogens with one attached hydrogen (secondary N) is 2. The van der Waals surface area contributed by atoms with Crippen LogP contribution in [0.2, 0.25) is 0 Å². The van der Waals surface area contributed by atoms with Gasteiger partial charge in [-0.25, -0.2) is 0 Å². The molecule has 0 aliphatic carbocycles. The highest BCUT2D eigenvalue weighted by Crippen LogP contribution is 2.17. The molecule has 0 radical (unpaired) electrons. The zero-order valence-electron chi connectivity index (χ0n) is 13.1. The van der Waals surface area contributed by atoms with Gasteiger partial charge in [-0.3, -0.25) is 10.2 Å². The minimum atomic E-state index is -0.613. The molecule has 1 amide bonds. The van der Waals surface area contributed by atoms with Crippen molar-refractivity contribution in [3.05, 3.63) is 71.3 Å². The van der Waals surface area contributed by atoms with E-state index in [2.05, 4.69) is 5.32 Å². The van der Waals surface area contributed by atoms with E-state index in [1.54, 1.807) is 12.1 Å². The molecular weight excluding hydrogens is 290 g/mol. The minimum absolute atomic E-state index is 0.0288. The molecule has 0 heterocycles. The van der Waals surface area contributed by atoms with Gasteiger partial charge in [0.1, 0.15) is 5.84 Å². The van der Waals surface area contributed by atoms with E-state index in [-0.39, 0.29) is 11.7 Å². The third-order valence-electron chi connectivity index (χ3n) is 3.41. The average molecular weight is 311 g/mol. The lowest BCUT2D eigenvalue weighted by Gasteiger charge is -2.17. The Balaban J connectivity index is 2.00. The summed E-state index contributed by atoms with van der Waals surface area (Å²) < 4.78 is 5.57. The molecule has 1 unspecified atom stereocenters. The van der Waals surface area contributed by atoms with Crippen LogP contribution in [0, 0.1) is 5.41 Å². The normalized spacial score (nSPS) is 11.7. The molecule has 5 nitrogen and oxygen atoms in total. The molecule has 0 aromatic heterocycles. The molecule has 0 saturated carbocycles. The van der Waals surface area contributed by atoms with Crippen LogP contribution in [0.3, 0.4) is 0 Å². The molecule has 5 heteroatoms. The number of carbonyl (C=O) groups excluding carboxylic acids is 1. The van der Waals surface area contributed by atoms with E-state index >= 15 is 0 Å². The summed E-state index contributed by atoms with van der Waals surface area (Å²) in [4.78, 5) is 12.4. The number of amidine groups is 1. The molecule has 0 fully saturated rings. The molecule has 0 saturated heterocycles. The molecule has 2 aromatic carbocycles. The molecule has 0 spiro atoms. The first-order chi connectivity index (χ1) is 11.1. The highest BCUT2D eigenvalue weighted by molar-refractivity contribution is 5.94. The van der Waals surface area contributed by atoms with Crippen LogP contribution in [0.5, 0.6) is 0 Å². The van der Waals surface area contributed by atoms with E-state index < -0.39 is 6.10 Å². The monoisotopic (exact) mass is 311 g/mol. The lowest BCUT2D eigenvalue weighted by molar-refractivity contribution is -0.133. The highest BCUT2D eigenvalue weighted by Gasteiger charge is 2.20. The van der Waals surface area contributed by atoms with E-state index in [0.29, 0.717) is 18.7 Å². The lowest BCUT2D eigenvalue weighted by atomic mass is 10.1. The van der Waals surface area contributed by atoms with Crippen LogP contribution >= 0.6 is 0 Å². The van der Waals surface area contributed by atoms with Crippen LogP contribution < -0.4 is 11.1 Å². The molecule has 2 aromatic rings. The van der Waals surface area contributed by atoms with Crippen LogP contribution in [-0.4, -0.2) is 18.3 Å². The second-order valence-corrected chi connectivity index (χ2v) is 5.07. The molecule has 23 heavy (non-hydrogen) atoms. The second-order valence-electron chi connectivity index (χ2n) is 5.07. The topological polar surface area (TPSA) is 88.2 Å². The Morgan fingerprint density at radius 3 is 2.39 bits per heavy atom. The molecule has 0 aliphatic rings. The molecule has 0 aliphatic heterocycles. The van der Waals surface area contributed by atoms with Crippen molar-refractivity contribution in [3.63, 3.8) is 0 Å². The number of hydrogen-bond acceptors (Lipinski definition) is 3. The van der Waals surface area contributed by atoms with Crippen LogP contribution in [-0.2, 0) is 16.1 Å². The summed E-state index contributed by atoms with van der Waals surface area (Å²) in [5, 5.41) is 10.2. The van der Waals surface area contributed by atoms with Gasteiger partial charge in [-0.05, 0) is 18.1 Å². The second kappa shape index (κ2) is 8.10. The van der Waals surface area contributed by atoms with Gasteiger partial charge in [-0.15, -0.1) is 0 Å². The average Bonchev–Trinajstić information content (AvgIpc) is 2.58. The molecule has 0 bridgehead atoms. The maximum absolute atomic E-state index is 12.4. The summed E-state index contributed by atoms with van der Waals surface area (Å²) in [5.74, 6) is -0.144. The SMILES string of the molecule is CCOC(C(=O)NCc1ccc(C(=N)N)cc1)c1ccccc1. The number of hydrogen-bond donors (Lipinski definition) is 3. The third-order valence-corrected chi connectivity index (χ3v) is 3.41. The molecular formula is C18H21N3O2. The number of ether oxygens (including phenoxy) is 1. The number of benzene rings is 2. The van der Waals surface area contributed by atoms with Crippen LogP contribution in [0.4, 0.5) is 0 Å². The Kier molecular flexibility index (Phi) is 5.88. The first-order valence-corrected chi connectivity index (χ1v) is 7.49. The van der Waals surface area contributed by atoms with Crippen molar-refractivity contribution in [2.45, 2.75) is 19.6 Å². The van der Waals surface area contributed by atoms with Crippen LogP contribution in [0.25, 0.3) is 0 Å². The Morgan fingerprint density at radius 1 is 1.17 bits per heavy atom. The number of nitrogen functional groups attached to an aromatic ring is 1. The Bertz CT molecular complexity index is 654. The van der Waals surface area contributed by atoms with Gasteiger partial charge in [0.25, 0.3) is 5.91 Å². The van der Waals surface area contributed by atoms with Crippen molar-refractivity contribution in [2.24, 2.45) is 5.73 Å². The number of carbonyl (C=O) groups is 1. The van der Waals surface area contributed by atoms with Gasteiger partial charge in [-0.1, -0.05) is 54.6 Å². The molecule has 1 atom stereocenters. The summed E-state index contributed by atoms with van der Waals surface area (Å²) in [6.45, 7) is 2.72. The van der Waals surface area contributed by atoms with Gasteiger partial charge in [0.2, 0.25) is 0 Å². The minimum Gasteiger partial charge on any atom is -0.384 e. The predicted octanol–water partition coefficient (Wildman–Crippen LogP) is 2.36. The number of nitrogens with two attached hydrogens (primary N) is 1. The summed E-state index contributed by atoms with van der Waals surface area (Å²) >= 11 is 0. The van der Waals surface area contributed by atoms with Gasteiger partial charge < -0.3 is 15.8 Å². The first kappa shape index (κ1) is 16.7. The zero-order chi connectivity index (χ0) is 16.7. The van der Waals surface area contributed by atoms with Gasteiger partial charge in [0.05, 0.1) is 0 Å². The van der Waals surface area contributed by atoms with Gasteiger partial charge in [0, 0.05) is 18.7 Å². The van der Waals surface area contributed by atoms with Crippen molar-refractivity contribution in [1.29, 1.82) is 5.41 Å². The smallest absolute Gasteiger partial charge is 0.254 e. The summed E-state index contributed by atoms with van der Waals surface area (Å²) in [6.07, 6.45) is -0.613. The Hall–Kier alpha value is -2.66. The molecule has 120 valence electrons. The van der Waals surface area contributed by atoms with Gasteiger partial charge in [-0.2, -0.15) is 0 Å². The van der Waals surface area contributed by atoms with Gasteiger partial charge in [0.15, 0.2) is 6.10 Å². The van der Waals surface area contributed by atoms with E-state index in [4.69, 9.17) is 15.9 Å². The quantitative estimate of drug-likeness (QED) is 0.542. The maximum atomic E-state index is 12.4. The maximum Gasteiger partial charge on any atom is 0.254 e. The predicted molar refractivity (Wildman–Crippen MR) is 90.1 cm³/mol. The summed E-state index contributed by atoms with van der Waals surface area (Å²) in [5.41, 5.74) is 7.85. The summed E-state index contributed by atoms with van der Waals surface area (Å²) in [7, 11) is 0. The van der Waals surface area contributed by atoms with Crippen LogP contribution in [0.15, 0.2) is 54.6 Å². The van der Waals surface area contributed by atoms with E-state index in [0.717, 1.165) is 11.1 Å². The molecule has 4 N–H and O–H groups in total. The van der Waals surface area contributed by atoms with E-state index in [1.807, 2.05) is 49.4 Å². The third kappa shape index (κ3) is 4.66. The fourth-order valence-electron chi connectivity index (χ4n) is 2.20.